The standard InChI is InChI=1S/C14H14N2O5/c17-11-6-21-10-5-8(1-2-9(10)16-11)12(18)15-7-14(3-4-14)13(19)20/h1-2,5H,3-4,6-7H2,(H,15,18)(H,16,17)(H,19,20). The molecule has 21 heavy (non-hydrogen) atoms. The third-order valence-electron chi connectivity index (χ3n) is 3.77. The van der Waals surface area contributed by atoms with Crippen molar-refractivity contribution in [3.8, 4) is 5.75 Å². The van der Waals surface area contributed by atoms with Gasteiger partial charge in [0, 0.05) is 12.1 Å². The molecule has 1 saturated carbocycles. The Morgan fingerprint density at radius 3 is 2.81 bits per heavy atom. The molecule has 0 saturated heterocycles. The number of hydrogen-bond acceptors (Lipinski definition) is 4. The van der Waals surface area contributed by atoms with E-state index >= 15 is 0 Å². The fourth-order valence-electron chi connectivity index (χ4n) is 2.18. The van der Waals surface area contributed by atoms with Crippen molar-refractivity contribution in [2.45, 2.75) is 12.8 Å². The van der Waals surface area contributed by atoms with Crippen molar-refractivity contribution in [1.29, 1.82) is 0 Å². The summed E-state index contributed by atoms with van der Waals surface area (Å²) < 4.78 is 5.24. The van der Waals surface area contributed by atoms with Crippen molar-refractivity contribution in [3.63, 3.8) is 0 Å². The van der Waals surface area contributed by atoms with Crippen molar-refractivity contribution in [2.75, 3.05) is 18.5 Å². The largest absolute Gasteiger partial charge is 0.482 e. The molecule has 3 N–H and O–H groups in total. The summed E-state index contributed by atoms with van der Waals surface area (Å²) in [5.41, 5.74) is 0.0898. The molecule has 0 atom stereocenters. The Balaban J connectivity index is 1.68. The minimum atomic E-state index is -0.876. The molecule has 2 amide bonds. The van der Waals surface area contributed by atoms with Gasteiger partial charge < -0.3 is 20.5 Å². The van der Waals surface area contributed by atoms with Crippen LogP contribution in [0.1, 0.15) is 23.2 Å². The SMILES string of the molecule is O=C1COc2cc(C(=O)NCC3(C(=O)O)CC3)ccc2N1. The average Bonchev–Trinajstić information content (AvgIpc) is 3.25. The minimum Gasteiger partial charge on any atom is -0.482 e. The van der Waals surface area contributed by atoms with Gasteiger partial charge in [-0.05, 0) is 31.0 Å². The molecular formula is C14H14N2O5. The molecule has 0 aromatic heterocycles. The Labute approximate surface area is 120 Å². The van der Waals surface area contributed by atoms with Gasteiger partial charge in [-0.3, -0.25) is 14.4 Å². The summed E-state index contributed by atoms with van der Waals surface area (Å²) in [5.74, 6) is -1.04. The van der Waals surface area contributed by atoms with Crippen LogP contribution < -0.4 is 15.4 Å². The zero-order valence-electron chi connectivity index (χ0n) is 11.1. The van der Waals surface area contributed by atoms with Crippen molar-refractivity contribution in [2.24, 2.45) is 5.41 Å². The summed E-state index contributed by atoms with van der Waals surface area (Å²) in [5, 5.41) is 14.3. The fourth-order valence-corrected chi connectivity index (χ4v) is 2.18. The summed E-state index contributed by atoms with van der Waals surface area (Å²) in [7, 11) is 0. The average molecular weight is 290 g/mol. The summed E-state index contributed by atoms with van der Waals surface area (Å²) >= 11 is 0. The molecule has 1 aromatic rings. The maximum atomic E-state index is 12.0. The van der Waals surface area contributed by atoms with Gasteiger partial charge in [-0.2, -0.15) is 0 Å². The predicted molar refractivity (Wildman–Crippen MR) is 72.2 cm³/mol. The Bertz CT molecular complexity index is 636. The highest BCUT2D eigenvalue weighted by Gasteiger charge is 2.50. The number of carboxylic acid groups (broad SMARTS) is 1. The number of rotatable bonds is 4. The van der Waals surface area contributed by atoms with Gasteiger partial charge in [-0.1, -0.05) is 0 Å². The van der Waals surface area contributed by atoms with Gasteiger partial charge in [0.05, 0.1) is 11.1 Å². The first-order valence-corrected chi connectivity index (χ1v) is 6.58. The van der Waals surface area contributed by atoms with Gasteiger partial charge in [0.25, 0.3) is 11.8 Å². The maximum Gasteiger partial charge on any atom is 0.311 e. The lowest BCUT2D eigenvalue weighted by molar-refractivity contribution is -0.143. The van der Waals surface area contributed by atoms with Crippen LogP contribution in [0.2, 0.25) is 0 Å². The number of amides is 2. The topological polar surface area (TPSA) is 105 Å². The second kappa shape index (κ2) is 4.76. The molecule has 1 heterocycles. The van der Waals surface area contributed by atoms with E-state index in [0.29, 0.717) is 29.8 Å². The van der Waals surface area contributed by atoms with Crippen LogP contribution in [0.15, 0.2) is 18.2 Å². The second-order valence-electron chi connectivity index (χ2n) is 5.32. The van der Waals surface area contributed by atoms with Gasteiger partial charge in [0.15, 0.2) is 6.61 Å². The molecule has 110 valence electrons. The number of nitrogens with one attached hydrogen (secondary N) is 2. The van der Waals surface area contributed by atoms with Gasteiger partial charge in [0.2, 0.25) is 0 Å². The lowest BCUT2D eigenvalue weighted by atomic mass is 10.1. The normalized spacial score (nSPS) is 18.0. The minimum absolute atomic E-state index is 0.0831. The van der Waals surface area contributed by atoms with Crippen molar-refractivity contribution in [3.05, 3.63) is 23.8 Å². The number of carbonyl (C=O) groups excluding carboxylic acids is 2. The van der Waals surface area contributed by atoms with Crippen LogP contribution in [0.3, 0.4) is 0 Å². The van der Waals surface area contributed by atoms with Crippen molar-refractivity contribution in [1.82, 2.24) is 5.32 Å². The summed E-state index contributed by atoms with van der Waals surface area (Å²) in [6.07, 6.45) is 1.17. The third-order valence-corrected chi connectivity index (χ3v) is 3.77. The molecule has 1 aromatic carbocycles. The fraction of sp³-hybridized carbons (Fsp3) is 0.357. The lowest BCUT2D eigenvalue weighted by Gasteiger charge is -2.18. The zero-order chi connectivity index (χ0) is 15.0. The number of carbonyl (C=O) groups is 3. The van der Waals surface area contributed by atoms with E-state index in [2.05, 4.69) is 10.6 Å². The highest BCUT2D eigenvalue weighted by Crippen LogP contribution is 2.45. The predicted octanol–water partition coefficient (Wildman–Crippen LogP) is 0.612. The smallest absolute Gasteiger partial charge is 0.311 e. The van der Waals surface area contributed by atoms with Crippen molar-refractivity contribution >= 4 is 23.5 Å². The van der Waals surface area contributed by atoms with Crippen molar-refractivity contribution < 1.29 is 24.2 Å². The van der Waals surface area contributed by atoms with E-state index in [4.69, 9.17) is 9.84 Å². The van der Waals surface area contributed by atoms with Gasteiger partial charge in [0.1, 0.15) is 5.75 Å². The molecule has 0 radical (unpaired) electrons. The van der Waals surface area contributed by atoms with E-state index in [1.807, 2.05) is 0 Å². The molecule has 0 unspecified atom stereocenters. The summed E-state index contributed by atoms with van der Waals surface area (Å²) in [4.78, 5) is 34.2. The summed E-state index contributed by atoms with van der Waals surface area (Å²) in [6, 6.07) is 4.68. The Kier molecular flexibility index (Phi) is 3.04. The van der Waals surface area contributed by atoms with E-state index in [9.17, 15) is 14.4 Å². The molecule has 3 rings (SSSR count). The Morgan fingerprint density at radius 1 is 1.38 bits per heavy atom. The number of aliphatic carboxylic acids is 1. The molecular weight excluding hydrogens is 276 g/mol. The van der Waals surface area contributed by atoms with E-state index < -0.39 is 11.4 Å². The molecule has 1 fully saturated rings. The number of benzene rings is 1. The molecule has 7 nitrogen and oxygen atoms in total. The zero-order valence-corrected chi connectivity index (χ0v) is 11.1. The third kappa shape index (κ3) is 2.54. The molecule has 1 aliphatic heterocycles. The highest BCUT2D eigenvalue weighted by atomic mass is 16.5. The summed E-state index contributed by atoms with van der Waals surface area (Å²) in [6.45, 7) is 0.0377. The number of carboxylic acids is 1. The number of anilines is 1. The van der Waals surface area contributed by atoms with Gasteiger partial charge in [-0.15, -0.1) is 0 Å². The Morgan fingerprint density at radius 2 is 2.14 bits per heavy atom. The first-order valence-electron chi connectivity index (χ1n) is 6.58. The van der Waals surface area contributed by atoms with E-state index in [0.717, 1.165) is 0 Å². The molecule has 7 heteroatoms. The van der Waals surface area contributed by atoms with Crippen LogP contribution in [-0.4, -0.2) is 36.0 Å². The monoisotopic (exact) mass is 290 g/mol. The maximum absolute atomic E-state index is 12.0. The van der Waals surface area contributed by atoms with Crippen LogP contribution in [0.5, 0.6) is 5.75 Å². The van der Waals surface area contributed by atoms with E-state index in [1.165, 1.54) is 6.07 Å². The lowest BCUT2D eigenvalue weighted by Crippen LogP contribution is -2.34. The first kappa shape index (κ1) is 13.4. The van der Waals surface area contributed by atoms with E-state index in [-0.39, 0.29) is 25.0 Å². The van der Waals surface area contributed by atoms with Gasteiger partial charge >= 0.3 is 5.97 Å². The van der Waals surface area contributed by atoms with Crippen LogP contribution in [0.25, 0.3) is 0 Å². The Hall–Kier alpha value is -2.57. The molecule has 0 bridgehead atoms. The highest BCUT2D eigenvalue weighted by molar-refractivity contribution is 5.99. The van der Waals surface area contributed by atoms with Gasteiger partial charge in [-0.25, -0.2) is 0 Å². The quantitative estimate of drug-likeness (QED) is 0.753. The van der Waals surface area contributed by atoms with Crippen LogP contribution >= 0.6 is 0 Å². The van der Waals surface area contributed by atoms with Crippen LogP contribution in [0, 0.1) is 5.41 Å². The van der Waals surface area contributed by atoms with Crippen LogP contribution in [0.4, 0.5) is 5.69 Å². The second-order valence-corrected chi connectivity index (χ2v) is 5.32. The molecule has 2 aliphatic rings. The number of ether oxygens (including phenoxy) is 1. The number of fused-ring (bicyclic) bond motifs is 1. The first-order chi connectivity index (χ1) is 10.00. The van der Waals surface area contributed by atoms with E-state index in [1.54, 1.807) is 12.1 Å². The number of hydrogen-bond donors (Lipinski definition) is 3. The van der Waals surface area contributed by atoms with Crippen LogP contribution in [-0.2, 0) is 9.59 Å². The molecule has 1 aliphatic carbocycles. The molecule has 0 spiro atoms.